The number of nitrogens with zero attached hydrogens (tertiary/aromatic N) is 2. The van der Waals surface area contributed by atoms with Gasteiger partial charge in [-0.05, 0) is 81.3 Å². The van der Waals surface area contributed by atoms with Gasteiger partial charge in [0.15, 0.2) is 5.82 Å². The van der Waals surface area contributed by atoms with Gasteiger partial charge >= 0.3 is 0 Å². The van der Waals surface area contributed by atoms with E-state index < -0.39 is 0 Å². The highest BCUT2D eigenvalue weighted by atomic mass is 32.1. The maximum atomic E-state index is 5.16. The van der Waals surface area contributed by atoms with E-state index in [4.69, 9.17) is 9.97 Å². The molecule has 0 saturated carbocycles. The van der Waals surface area contributed by atoms with Crippen molar-refractivity contribution in [3.63, 3.8) is 0 Å². The van der Waals surface area contributed by atoms with Crippen molar-refractivity contribution in [2.24, 2.45) is 0 Å². The summed E-state index contributed by atoms with van der Waals surface area (Å²) >= 11 is 1.85. The molecule has 0 aliphatic heterocycles. The predicted octanol–water partition coefficient (Wildman–Crippen LogP) is 14.5. The third kappa shape index (κ3) is 5.54. The van der Waals surface area contributed by atoms with Gasteiger partial charge in [-0.2, -0.15) is 0 Å². The summed E-state index contributed by atoms with van der Waals surface area (Å²) in [5.41, 5.74) is 16.1. The molecular weight excluding hydrogens is 709 g/mol. The molecule has 2 heterocycles. The number of hydrogen-bond donors (Lipinski definition) is 0. The predicted molar refractivity (Wildman–Crippen MR) is 240 cm³/mol. The van der Waals surface area contributed by atoms with Gasteiger partial charge < -0.3 is 0 Å². The zero-order valence-corrected chi connectivity index (χ0v) is 32.2. The first-order chi connectivity index (χ1) is 28.1. The van der Waals surface area contributed by atoms with E-state index in [1.165, 1.54) is 64.7 Å². The lowest BCUT2D eigenvalue weighted by atomic mass is 9.74. The maximum absolute atomic E-state index is 5.16. The Hall–Kier alpha value is -6.94. The monoisotopic (exact) mass is 744 g/mol. The summed E-state index contributed by atoms with van der Waals surface area (Å²) in [7, 11) is 0. The van der Waals surface area contributed by atoms with Crippen LogP contribution in [0.3, 0.4) is 0 Å². The van der Waals surface area contributed by atoms with Crippen molar-refractivity contribution in [2.45, 2.75) is 12.3 Å². The molecule has 57 heavy (non-hydrogen) atoms. The highest BCUT2D eigenvalue weighted by Crippen LogP contribution is 2.52. The molecule has 0 saturated heterocycles. The molecule has 0 fully saturated rings. The summed E-state index contributed by atoms with van der Waals surface area (Å²) < 4.78 is 2.62. The molecule has 0 bridgehead atoms. The molecule has 0 atom stereocenters. The van der Waals surface area contributed by atoms with Gasteiger partial charge in [0.1, 0.15) is 0 Å². The molecule has 0 radical (unpaired) electrons. The Morgan fingerprint density at radius 2 is 0.930 bits per heavy atom. The van der Waals surface area contributed by atoms with Gasteiger partial charge in [-0.1, -0.05) is 176 Å². The molecule has 8 aromatic carbocycles. The van der Waals surface area contributed by atoms with Gasteiger partial charge in [-0.15, -0.1) is 11.3 Å². The Bertz CT molecular complexity index is 3080. The van der Waals surface area contributed by atoms with Gasteiger partial charge in [0.05, 0.1) is 11.4 Å². The van der Waals surface area contributed by atoms with Crippen LogP contribution in [0, 0.1) is 0 Å². The average molecular weight is 745 g/mol. The summed E-state index contributed by atoms with van der Waals surface area (Å²) in [5, 5.41) is 2.63. The standard InChI is InChI=1S/C54H36N2S/c1-54(46-21-8-5-17-43(46)44-18-6-9-22-47(44)54)41-31-29-35(30-32-41)39-15-11-16-40(33-39)49-34-48(55-53(56-49)38-13-3-2-4-14-38)37-27-25-36(26-28-37)42-20-12-24-51-52(42)45-19-7-10-23-50(45)57-51/h2-34H,1H3. The fourth-order valence-corrected chi connectivity index (χ4v) is 10.0. The van der Waals surface area contributed by atoms with Crippen molar-refractivity contribution in [1.29, 1.82) is 0 Å². The maximum Gasteiger partial charge on any atom is 0.160 e. The first-order valence-corrected chi connectivity index (χ1v) is 20.3. The van der Waals surface area contributed by atoms with Crippen LogP contribution in [0.25, 0.3) is 87.5 Å². The summed E-state index contributed by atoms with van der Waals surface area (Å²) in [4.78, 5) is 10.3. The summed E-state index contributed by atoms with van der Waals surface area (Å²) in [6.07, 6.45) is 0. The molecular formula is C54H36N2S. The lowest BCUT2D eigenvalue weighted by molar-refractivity contribution is 0.714. The minimum absolute atomic E-state index is 0.220. The molecule has 268 valence electrons. The fraction of sp³-hybridized carbons (Fsp3) is 0.0370. The molecule has 3 heteroatoms. The lowest BCUT2D eigenvalue weighted by Crippen LogP contribution is -2.22. The van der Waals surface area contributed by atoms with E-state index in [1.54, 1.807) is 0 Å². The second-order valence-corrected chi connectivity index (χ2v) is 16.1. The van der Waals surface area contributed by atoms with E-state index in [1.807, 2.05) is 29.5 Å². The molecule has 1 aliphatic carbocycles. The minimum Gasteiger partial charge on any atom is -0.228 e. The van der Waals surface area contributed by atoms with Crippen LogP contribution in [-0.2, 0) is 5.41 Å². The van der Waals surface area contributed by atoms with Crippen LogP contribution in [0.1, 0.15) is 23.6 Å². The Labute approximate surface area is 336 Å². The highest BCUT2D eigenvalue weighted by molar-refractivity contribution is 7.25. The van der Waals surface area contributed by atoms with E-state index in [0.717, 1.165) is 33.6 Å². The Balaban J connectivity index is 0.959. The molecule has 0 N–H and O–H groups in total. The van der Waals surface area contributed by atoms with E-state index in [2.05, 4.69) is 189 Å². The Morgan fingerprint density at radius 3 is 1.68 bits per heavy atom. The molecule has 0 amide bonds. The van der Waals surface area contributed by atoms with Crippen molar-refractivity contribution in [3.05, 3.63) is 217 Å². The van der Waals surface area contributed by atoms with Gasteiger partial charge in [0.25, 0.3) is 0 Å². The number of hydrogen-bond acceptors (Lipinski definition) is 3. The SMILES string of the molecule is CC1(c2ccc(-c3cccc(-c4cc(-c5ccc(-c6cccc7sc8ccccc8c67)cc5)nc(-c5ccccc5)n4)c3)cc2)c2ccccc2-c2ccccc21. The van der Waals surface area contributed by atoms with Gasteiger partial charge in [-0.3, -0.25) is 0 Å². The van der Waals surface area contributed by atoms with E-state index in [9.17, 15) is 0 Å². The molecule has 2 aromatic heterocycles. The molecule has 0 spiro atoms. The molecule has 0 unspecified atom stereocenters. The molecule has 10 aromatic rings. The normalized spacial score (nSPS) is 12.8. The first kappa shape index (κ1) is 33.4. The number of aromatic nitrogens is 2. The van der Waals surface area contributed by atoms with Gasteiger partial charge in [0.2, 0.25) is 0 Å². The van der Waals surface area contributed by atoms with Crippen molar-refractivity contribution in [1.82, 2.24) is 9.97 Å². The van der Waals surface area contributed by atoms with E-state index >= 15 is 0 Å². The van der Waals surface area contributed by atoms with Crippen molar-refractivity contribution >= 4 is 31.5 Å². The second-order valence-electron chi connectivity index (χ2n) is 15.1. The second kappa shape index (κ2) is 13.4. The molecule has 2 nitrogen and oxygen atoms in total. The van der Waals surface area contributed by atoms with Crippen LogP contribution in [0.2, 0.25) is 0 Å². The number of thiophene rings is 1. The van der Waals surface area contributed by atoms with Crippen LogP contribution in [0.4, 0.5) is 0 Å². The van der Waals surface area contributed by atoms with Crippen LogP contribution in [0.15, 0.2) is 200 Å². The van der Waals surface area contributed by atoms with E-state index in [-0.39, 0.29) is 5.41 Å². The van der Waals surface area contributed by atoms with Crippen LogP contribution in [-0.4, -0.2) is 9.97 Å². The molecule has 1 aliphatic rings. The highest BCUT2D eigenvalue weighted by Gasteiger charge is 2.40. The topological polar surface area (TPSA) is 25.8 Å². The Kier molecular flexibility index (Phi) is 7.84. The quantitative estimate of drug-likeness (QED) is 0.169. The largest absolute Gasteiger partial charge is 0.228 e. The van der Waals surface area contributed by atoms with Crippen LogP contribution < -0.4 is 0 Å². The van der Waals surface area contributed by atoms with Crippen molar-refractivity contribution < 1.29 is 0 Å². The lowest BCUT2D eigenvalue weighted by Gasteiger charge is -2.28. The van der Waals surface area contributed by atoms with Crippen molar-refractivity contribution in [2.75, 3.05) is 0 Å². The third-order valence-corrected chi connectivity index (χ3v) is 13.0. The summed E-state index contributed by atoms with van der Waals surface area (Å²) in [6, 6.07) is 72.2. The summed E-state index contributed by atoms with van der Waals surface area (Å²) in [5.74, 6) is 0.710. The third-order valence-electron chi connectivity index (χ3n) is 11.8. The first-order valence-electron chi connectivity index (χ1n) is 19.5. The molecule has 11 rings (SSSR count). The van der Waals surface area contributed by atoms with Crippen LogP contribution in [0.5, 0.6) is 0 Å². The number of fused-ring (bicyclic) bond motifs is 6. The van der Waals surface area contributed by atoms with Crippen LogP contribution >= 0.6 is 11.3 Å². The number of rotatable bonds is 6. The van der Waals surface area contributed by atoms with Gasteiger partial charge in [-0.25, -0.2) is 9.97 Å². The average Bonchev–Trinajstić information content (AvgIpc) is 3.80. The smallest absolute Gasteiger partial charge is 0.160 e. The zero-order chi connectivity index (χ0) is 37.9. The van der Waals surface area contributed by atoms with Crippen molar-refractivity contribution in [3.8, 4) is 67.3 Å². The number of benzene rings is 8. The zero-order valence-electron chi connectivity index (χ0n) is 31.4. The minimum atomic E-state index is -0.220. The fourth-order valence-electron chi connectivity index (χ4n) is 8.91. The Morgan fingerprint density at radius 1 is 0.386 bits per heavy atom. The van der Waals surface area contributed by atoms with Gasteiger partial charge in [0, 0.05) is 42.3 Å². The summed E-state index contributed by atoms with van der Waals surface area (Å²) in [6.45, 7) is 2.36. The van der Waals surface area contributed by atoms with E-state index in [0.29, 0.717) is 5.82 Å².